The molecule has 118 valence electrons. The van der Waals surface area contributed by atoms with E-state index >= 15 is 0 Å². The van der Waals surface area contributed by atoms with E-state index in [-0.39, 0.29) is 5.91 Å². The molecule has 2 aromatic rings. The number of nitrogens with one attached hydrogen (secondary N) is 1. The van der Waals surface area contributed by atoms with Crippen molar-refractivity contribution in [1.29, 1.82) is 0 Å². The molecule has 2 aliphatic rings. The van der Waals surface area contributed by atoms with Gasteiger partial charge in [0.2, 0.25) is 11.7 Å². The number of aryl methyl sites for hydroxylation is 1. The second-order valence-electron chi connectivity index (χ2n) is 5.88. The fourth-order valence-corrected chi connectivity index (χ4v) is 2.58. The largest absolute Gasteiger partial charge is 0.416 e. The Balaban J connectivity index is 1.55. The van der Waals surface area contributed by atoms with Crippen LogP contribution >= 0.6 is 0 Å². The van der Waals surface area contributed by atoms with Crippen molar-refractivity contribution in [3.05, 3.63) is 11.5 Å². The Hall–Kier alpha value is -2.09. The zero-order valence-corrected chi connectivity index (χ0v) is 12.5. The molecule has 8 nitrogen and oxygen atoms in total. The van der Waals surface area contributed by atoms with Gasteiger partial charge in [0, 0.05) is 19.6 Å². The predicted molar refractivity (Wildman–Crippen MR) is 78.1 cm³/mol. The van der Waals surface area contributed by atoms with Crippen molar-refractivity contribution < 1.29 is 13.9 Å². The van der Waals surface area contributed by atoms with Gasteiger partial charge in [-0.3, -0.25) is 4.79 Å². The van der Waals surface area contributed by atoms with Crippen LogP contribution in [0.5, 0.6) is 0 Å². The maximum Gasteiger partial charge on any atom is 0.327 e. The minimum Gasteiger partial charge on any atom is -0.416 e. The number of fused-ring (bicyclic) bond motifs is 1. The van der Waals surface area contributed by atoms with Crippen molar-refractivity contribution in [2.24, 2.45) is 5.92 Å². The van der Waals surface area contributed by atoms with Gasteiger partial charge in [0.15, 0.2) is 0 Å². The van der Waals surface area contributed by atoms with Crippen LogP contribution in [0.2, 0.25) is 0 Å². The number of morpholine rings is 1. The Morgan fingerprint density at radius 2 is 2.14 bits per heavy atom. The number of rotatable bonds is 4. The zero-order valence-electron chi connectivity index (χ0n) is 12.5. The number of anilines is 1. The molecule has 1 saturated heterocycles. The average Bonchev–Trinajstić information content (AvgIpc) is 3.20. The van der Waals surface area contributed by atoms with Crippen molar-refractivity contribution in [3.8, 4) is 0 Å². The topological polar surface area (TPSA) is 84.9 Å². The molecule has 0 aromatic carbocycles. The van der Waals surface area contributed by atoms with Gasteiger partial charge in [0.05, 0.1) is 18.9 Å². The molecule has 3 heterocycles. The van der Waals surface area contributed by atoms with Gasteiger partial charge in [0.25, 0.3) is 5.91 Å². The molecule has 22 heavy (non-hydrogen) atoms. The number of hydrogen-bond acceptors (Lipinski definition) is 6. The zero-order chi connectivity index (χ0) is 15.1. The minimum atomic E-state index is -0.190. The van der Waals surface area contributed by atoms with E-state index in [0.29, 0.717) is 48.9 Å². The Morgan fingerprint density at radius 3 is 2.82 bits per heavy atom. The fourth-order valence-electron chi connectivity index (χ4n) is 2.58. The van der Waals surface area contributed by atoms with Gasteiger partial charge < -0.3 is 19.4 Å². The summed E-state index contributed by atoms with van der Waals surface area (Å²) < 4.78 is 12.5. The van der Waals surface area contributed by atoms with Crippen molar-refractivity contribution in [2.45, 2.75) is 19.8 Å². The highest BCUT2D eigenvalue weighted by atomic mass is 16.5. The predicted octanol–water partition coefficient (Wildman–Crippen LogP) is 0.607. The minimum absolute atomic E-state index is 0.190. The molecular weight excluding hydrogens is 286 g/mol. The molecule has 8 heteroatoms. The van der Waals surface area contributed by atoms with E-state index < -0.39 is 0 Å². The quantitative estimate of drug-likeness (QED) is 0.891. The van der Waals surface area contributed by atoms with E-state index in [9.17, 15) is 4.79 Å². The lowest BCUT2D eigenvalue weighted by atomic mass is 10.3. The Bertz CT molecular complexity index is 697. The first kappa shape index (κ1) is 13.6. The van der Waals surface area contributed by atoms with Crippen LogP contribution in [0.3, 0.4) is 0 Å². The summed E-state index contributed by atoms with van der Waals surface area (Å²) in [6.07, 6.45) is 2.40. The van der Waals surface area contributed by atoms with E-state index in [1.54, 1.807) is 4.52 Å². The molecule has 0 atom stereocenters. The molecular formula is C14H19N5O3. The third kappa shape index (κ3) is 2.43. The lowest BCUT2D eigenvalue weighted by Gasteiger charge is -2.25. The molecule has 0 unspecified atom stereocenters. The summed E-state index contributed by atoms with van der Waals surface area (Å²) in [5.74, 6) is 1.72. The Kier molecular flexibility index (Phi) is 3.25. The molecule has 0 bridgehead atoms. The lowest BCUT2D eigenvalue weighted by Crippen LogP contribution is -2.37. The van der Waals surface area contributed by atoms with E-state index in [4.69, 9.17) is 9.15 Å². The number of hydrogen-bond donors (Lipinski definition) is 1. The SMILES string of the molecule is Cc1c(C(=O)NCC2CC2)oc2nc(N3CCOCC3)nn12. The molecule has 1 amide bonds. The first-order chi connectivity index (χ1) is 10.7. The van der Waals surface area contributed by atoms with Crippen LogP contribution in [0.15, 0.2) is 4.42 Å². The maximum atomic E-state index is 12.2. The van der Waals surface area contributed by atoms with Gasteiger partial charge in [0.1, 0.15) is 0 Å². The van der Waals surface area contributed by atoms with Gasteiger partial charge in [-0.05, 0) is 25.7 Å². The molecule has 1 aliphatic carbocycles. The third-order valence-corrected chi connectivity index (χ3v) is 4.15. The maximum absolute atomic E-state index is 12.2. The van der Waals surface area contributed by atoms with Crippen molar-refractivity contribution in [2.75, 3.05) is 37.7 Å². The number of amides is 1. The number of oxazole rings is 1. The molecule has 1 N–H and O–H groups in total. The fraction of sp³-hybridized carbons (Fsp3) is 0.643. The van der Waals surface area contributed by atoms with Gasteiger partial charge >= 0.3 is 5.84 Å². The second kappa shape index (κ2) is 5.28. The van der Waals surface area contributed by atoms with Crippen LogP contribution in [0.4, 0.5) is 5.95 Å². The first-order valence-electron chi connectivity index (χ1n) is 7.69. The first-order valence-corrected chi connectivity index (χ1v) is 7.69. The highest BCUT2D eigenvalue weighted by molar-refractivity contribution is 5.92. The highest BCUT2D eigenvalue weighted by Crippen LogP contribution is 2.27. The van der Waals surface area contributed by atoms with E-state index in [1.165, 1.54) is 12.8 Å². The van der Waals surface area contributed by atoms with E-state index in [2.05, 4.69) is 20.3 Å². The van der Waals surface area contributed by atoms with Crippen LogP contribution in [0.1, 0.15) is 29.1 Å². The van der Waals surface area contributed by atoms with Crippen LogP contribution in [0, 0.1) is 12.8 Å². The summed E-state index contributed by atoms with van der Waals surface area (Å²) in [6.45, 7) is 5.42. The summed E-state index contributed by atoms with van der Waals surface area (Å²) in [6, 6.07) is 0. The van der Waals surface area contributed by atoms with Gasteiger partial charge in [-0.1, -0.05) is 0 Å². The molecule has 2 fully saturated rings. The third-order valence-electron chi connectivity index (χ3n) is 4.15. The summed E-state index contributed by atoms with van der Waals surface area (Å²) >= 11 is 0. The standard InChI is InChI=1S/C14H19N5O3/c1-9-11(12(20)15-8-10-2-3-10)22-14-16-13(17-19(9)14)18-4-6-21-7-5-18/h10H,2-8H2,1H3,(H,15,20). The number of ether oxygens (including phenoxy) is 1. The monoisotopic (exact) mass is 305 g/mol. The van der Waals surface area contributed by atoms with Gasteiger partial charge in [-0.25, -0.2) is 0 Å². The average molecular weight is 305 g/mol. The Morgan fingerprint density at radius 1 is 1.36 bits per heavy atom. The van der Waals surface area contributed by atoms with Crippen molar-refractivity contribution in [1.82, 2.24) is 19.9 Å². The summed E-state index contributed by atoms with van der Waals surface area (Å²) in [7, 11) is 0. The molecule has 2 aromatic heterocycles. The molecule has 4 rings (SSSR count). The van der Waals surface area contributed by atoms with Crippen molar-refractivity contribution in [3.63, 3.8) is 0 Å². The van der Waals surface area contributed by atoms with E-state index in [0.717, 1.165) is 13.1 Å². The number of carbonyl (C=O) groups excluding carboxylic acids is 1. The molecule has 1 saturated carbocycles. The van der Waals surface area contributed by atoms with Crippen LogP contribution in [-0.4, -0.2) is 53.4 Å². The van der Waals surface area contributed by atoms with Crippen LogP contribution < -0.4 is 10.2 Å². The summed E-state index contributed by atoms with van der Waals surface area (Å²) in [5, 5.41) is 7.35. The molecule has 1 aliphatic heterocycles. The van der Waals surface area contributed by atoms with Gasteiger partial charge in [-0.2, -0.15) is 9.50 Å². The summed E-state index contributed by atoms with van der Waals surface area (Å²) in [4.78, 5) is 18.6. The molecule has 0 radical (unpaired) electrons. The number of carbonyl (C=O) groups is 1. The normalized spacial score (nSPS) is 18.9. The molecule has 0 spiro atoms. The summed E-state index contributed by atoms with van der Waals surface area (Å²) in [5.41, 5.74) is 0.676. The second-order valence-corrected chi connectivity index (χ2v) is 5.88. The smallest absolute Gasteiger partial charge is 0.327 e. The Labute approximate surface area is 127 Å². The van der Waals surface area contributed by atoms with Crippen LogP contribution in [0.25, 0.3) is 5.84 Å². The van der Waals surface area contributed by atoms with Crippen molar-refractivity contribution >= 4 is 17.7 Å². The number of aromatic nitrogens is 3. The van der Waals surface area contributed by atoms with Crippen LogP contribution in [-0.2, 0) is 4.74 Å². The van der Waals surface area contributed by atoms with E-state index in [1.807, 2.05) is 6.92 Å². The number of nitrogens with zero attached hydrogens (tertiary/aromatic N) is 4. The lowest BCUT2D eigenvalue weighted by molar-refractivity contribution is 0.0925. The highest BCUT2D eigenvalue weighted by Gasteiger charge is 2.26. The van der Waals surface area contributed by atoms with Gasteiger partial charge in [-0.15, -0.1) is 5.10 Å².